The van der Waals surface area contributed by atoms with Gasteiger partial charge in [-0.05, 0) is 43.3 Å². The van der Waals surface area contributed by atoms with Crippen LogP contribution in [0.25, 0.3) is 0 Å². The molecule has 1 amide bonds. The van der Waals surface area contributed by atoms with E-state index in [2.05, 4.69) is 10.6 Å². The van der Waals surface area contributed by atoms with Gasteiger partial charge in [-0.15, -0.1) is 0 Å². The first-order valence-electron chi connectivity index (χ1n) is 7.53. The lowest BCUT2D eigenvalue weighted by Crippen LogP contribution is -2.22. The number of nitrogens with one attached hydrogen (secondary N) is 2. The van der Waals surface area contributed by atoms with Crippen LogP contribution in [-0.2, 0) is 11.0 Å². The molecule has 9 heteroatoms. The Morgan fingerprint density at radius 3 is 2.54 bits per heavy atom. The lowest BCUT2D eigenvalue weighted by atomic mass is 10.1. The van der Waals surface area contributed by atoms with Crippen molar-refractivity contribution in [3.05, 3.63) is 52.8 Å². The summed E-state index contributed by atoms with van der Waals surface area (Å²) < 4.78 is 57.4. The van der Waals surface area contributed by atoms with Crippen molar-refractivity contribution >= 4 is 28.9 Å². The van der Waals surface area contributed by atoms with Crippen molar-refractivity contribution < 1.29 is 27.1 Å². The summed E-state index contributed by atoms with van der Waals surface area (Å²) in [5.74, 6) is -1.18. The Balaban J connectivity index is 2.11. The molecule has 0 bridgehead atoms. The standard InChI is InChI=1S/C17H15ClF4N2O2/c1-2-26-15-6-3-10(17(20,21)22)7-14(15)23-9-16(25)24-13-8-11(18)4-5-12(13)19/h3-8,23H,2,9H2,1H3,(H,24,25). The largest absolute Gasteiger partial charge is 0.492 e. The SMILES string of the molecule is CCOc1ccc(C(F)(F)F)cc1NCC(=O)Nc1cc(Cl)ccc1F. The molecule has 0 unspecified atom stereocenters. The number of hydrogen-bond donors (Lipinski definition) is 2. The van der Waals surface area contributed by atoms with Crippen molar-refractivity contribution in [2.75, 3.05) is 23.8 Å². The predicted octanol–water partition coefficient (Wildman–Crippen LogP) is 4.95. The lowest BCUT2D eigenvalue weighted by molar-refractivity contribution is -0.137. The van der Waals surface area contributed by atoms with Crippen LogP contribution in [-0.4, -0.2) is 19.1 Å². The smallest absolute Gasteiger partial charge is 0.416 e. The first-order valence-corrected chi connectivity index (χ1v) is 7.91. The van der Waals surface area contributed by atoms with Crippen LogP contribution in [0.1, 0.15) is 12.5 Å². The number of carbonyl (C=O) groups excluding carboxylic acids is 1. The van der Waals surface area contributed by atoms with Gasteiger partial charge in [0.1, 0.15) is 11.6 Å². The van der Waals surface area contributed by atoms with E-state index in [0.29, 0.717) is 0 Å². The molecule has 0 saturated heterocycles. The topological polar surface area (TPSA) is 50.4 Å². The van der Waals surface area contributed by atoms with Gasteiger partial charge in [0.2, 0.25) is 5.91 Å². The summed E-state index contributed by atoms with van der Waals surface area (Å²) in [5.41, 5.74) is -1.01. The summed E-state index contributed by atoms with van der Waals surface area (Å²) >= 11 is 5.73. The normalized spacial score (nSPS) is 11.2. The second-order valence-electron chi connectivity index (χ2n) is 5.17. The molecule has 0 aliphatic carbocycles. The summed E-state index contributed by atoms with van der Waals surface area (Å²) in [5, 5.41) is 5.09. The van der Waals surface area contributed by atoms with Crippen molar-refractivity contribution in [3.63, 3.8) is 0 Å². The maximum Gasteiger partial charge on any atom is 0.416 e. The summed E-state index contributed by atoms with van der Waals surface area (Å²) in [6.45, 7) is 1.52. The van der Waals surface area contributed by atoms with Crippen LogP contribution < -0.4 is 15.4 Å². The van der Waals surface area contributed by atoms with E-state index in [1.165, 1.54) is 18.2 Å². The third-order valence-corrected chi connectivity index (χ3v) is 3.48. The highest BCUT2D eigenvalue weighted by Crippen LogP contribution is 2.35. The quantitative estimate of drug-likeness (QED) is 0.686. The first kappa shape index (κ1) is 19.8. The fourth-order valence-corrected chi connectivity index (χ4v) is 2.26. The first-order chi connectivity index (χ1) is 12.2. The molecule has 0 heterocycles. The average Bonchev–Trinajstić information content (AvgIpc) is 2.56. The van der Waals surface area contributed by atoms with Gasteiger partial charge in [0, 0.05) is 5.02 Å². The molecule has 0 atom stereocenters. The maximum atomic E-state index is 13.6. The number of alkyl halides is 3. The van der Waals surface area contributed by atoms with Crippen LogP contribution in [0.4, 0.5) is 28.9 Å². The van der Waals surface area contributed by atoms with Crippen LogP contribution in [0.5, 0.6) is 5.75 Å². The fourth-order valence-electron chi connectivity index (χ4n) is 2.09. The van der Waals surface area contributed by atoms with E-state index in [1.54, 1.807) is 6.92 Å². The third-order valence-electron chi connectivity index (χ3n) is 3.25. The highest BCUT2D eigenvalue weighted by Gasteiger charge is 2.31. The predicted molar refractivity (Wildman–Crippen MR) is 91.1 cm³/mol. The molecule has 0 aliphatic rings. The van der Waals surface area contributed by atoms with Crippen molar-refractivity contribution in [1.82, 2.24) is 0 Å². The van der Waals surface area contributed by atoms with Crippen LogP contribution in [0, 0.1) is 5.82 Å². The fraction of sp³-hybridized carbons (Fsp3) is 0.235. The average molecular weight is 391 g/mol. The van der Waals surface area contributed by atoms with E-state index in [4.69, 9.17) is 16.3 Å². The minimum absolute atomic E-state index is 0.00314. The molecule has 4 nitrogen and oxygen atoms in total. The van der Waals surface area contributed by atoms with Crippen LogP contribution in [0.2, 0.25) is 5.02 Å². The zero-order valence-corrected chi connectivity index (χ0v) is 14.3. The van der Waals surface area contributed by atoms with E-state index in [1.807, 2.05) is 0 Å². The Hall–Kier alpha value is -2.48. The summed E-state index contributed by atoms with van der Waals surface area (Å²) in [6, 6.07) is 6.54. The molecular weight excluding hydrogens is 376 g/mol. The molecule has 0 radical (unpaired) electrons. The zero-order valence-electron chi connectivity index (χ0n) is 13.6. The van der Waals surface area contributed by atoms with Crippen LogP contribution in [0.15, 0.2) is 36.4 Å². The lowest BCUT2D eigenvalue weighted by Gasteiger charge is -2.15. The summed E-state index contributed by atoms with van der Waals surface area (Å²) in [7, 11) is 0. The van der Waals surface area contributed by atoms with E-state index in [-0.39, 0.29) is 28.8 Å². The Labute approximate surface area is 152 Å². The Morgan fingerprint density at radius 1 is 1.15 bits per heavy atom. The zero-order chi connectivity index (χ0) is 19.3. The van der Waals surface area contributed by atoms with Gasteiger partial charge in [-0.1, -0.05) is 11.6 Å². The van der Waals surface area contributed by atoms with Crippen molar-refractivity contribution in [1.29, 1.82) is 0 Å². The molecule has 0 aliphatic heterocycles. The molecule has 0 aromatic heterocycles. The van der Waals surface area contributed by atoms with Crippen LogP contribution >= 0.6 is 11.6 Å². The molecule has 140 valence electrons. The number of anilines is 2. The van der Waals surface area contributed by atoms with Gasteiger partial charge in [0.05, 0.1) is 30.1 Å². The van der Waals surface area contributed by atoms with Gasteiger partial charge in [-0.25, -0.2) is 4.39 Å². The summed E-state index contributed by atoms with van der Waals surface area (Å²) in [6.07, 6.45) is -4.53. The van der Waals surface area contributed by atoms with Gasteiger partial charge >= 0.3 is 6.18 Å². The highest BCUT2D eigenvalue weighted by atomic mass is 35.5. The van der Waals surface area contributed by atoms with Crippen molar-refractivity contribution in [2.45, 2.75) is 13.1 Å². The van der Waals surface area contributed by atoms with Crippen molar-refractivity contribution in [3.8, 4) is 5.75 Å². The number of hydrogen-bond acceptors (Lipinski definition) is 3. The third kappa shape index (κ3) is 5.26. The minimum Gasteiger partial charge on any atom is -0.492 e. The molecule has 2 aromatic rings. The molecule has 2 N–H and O–H groups in total. The second kappa shape index (κ2) is 8.27. The number of carbonyl (C=O) groups is 1. The second-order valence-corrected chi connectivity index (χ2v) is 5.60. The molecule has 0 spiro atoms. The summed E-state index contributed by atoms with van der Waals surface area (Å²) in [4.78, 5) is 12.0. The van der Waals surface area contributed by atoms with Gasteiger partial charge in [0.15, 0.2) is 0 Å². The number of amides is 1. The monoisotopic (exact) mass is 390 g/mol. The molecule has 0 saturated carbocycles. The van der Waals surface area contributed by atoms with Gasteiger partial charge < -0.3 is 15.4 Å². The van der Waals surface area contributed by atoms with Gasteiger partial charge in [-0.2, -0.15) is 13.2 Å². The van der Waals surface area contributed by atoms with Crippen molar-refractivity contribution in [2.24, 2.45) is 0 Å². The van der Waals surface area contributed by atoms with E-state index < -0.39 is 30.0 Å². The van der Waals surface area contributed by atoms with E-state index in [0.717, 1.165) is 18.2 Å². The number of benzene rings is 2. The molecule has 2 rings (SSSR count). The van der Waals surface area contributed by atoms with E-state index in [9.17, 15) is 22.4 Å². The maximum absolute atomic E-state index is 13.6. The molecular formula is C17H15ClF4N2O2. The Morgan fingerprint density at radius 2 is 1.88 bits per heavy atom. The van der Waals surface area contributed by atoms with E-state index >= 15 is 0 Å². The van der Waals surface area contributed by atoms with Crippen LogP contribution in [0.3, 0.4) is 0 Å². The molecule has 0 fully saturated rings. The number of rotatable bonds is 6. The Kier molecular flexibility index (Phi) is 6.31. The number of ether oxygens (including phenoxy) is 1. The Bertz CT molecular complexity index is 797. The molecule has 2 aromatic carbocycles. The van der Waals surface area contributed by atoms with Gasteiger partial charge in [0.25, 0.3) is 0 Å². The number of halogens is 5. The highest BCUT2D eigenvalue weighted by molar-refractivity contribution is 6.30. The molecule has 26 heavy (non-hydrogen) atoms. The minimum atomic E-state index is -4.53. The van der Waals surface area contributed by atoms with Gasteiger partial charge in [-0.3, -0.25) is 4.79 Å².